The summed E-state index contributed by atoms with van der Waals surface area (Å²) in [6.45, 7) is 6.25. The Hall–Kier alpha value is -0.610. The summed E-state index contributed by atoms with van der Waals surface area (Å²) in [5.41, 5.74) is 0. The zero-order chi connectivity index (χ0) is 12.0. The Morgan fingerprint density at radius 1 is 1.44 bits per heavy atom. The molecule has 0 aromatic rings. The lowest BCUT2D eigenvalue weighted by atomic mass is 10.1. The molecule has 0 saturated carbocycles. The SMILES string of the molecule is CCCC(C(=O)O)N(C)CCN1CCCC1. The summed E-state index contributed by atoms with van der Waals surface area (Å²) in [6, 6.07) is -0.312. The maximum atomic E-state index is 11.1. The van der Waals surface area contributed by atoms with Gasteiger partial charge in [-0.05, 0) is 39.4 Å². The van der Waals surface area contributed by atoms with E-state index in [0.29, 0.717) is 0 Å². The molecule has 0 aromatic heterocycles. The van der Waals surface area contributed by atoms with Gasteiger partial charge in [0.15, 0.2) is 0 Å². The summed E-state index contributed by atoms with van der Waals surface area (Å²) in [4.78, 5) is 15.5. The van der Waals surface area contributed by atoms with Crippen molar-refractivity contribution in [3.63, 3.8) is 0 Å². The van der Waals surface area contributed by atoms with E-state index in [4.69, 9.17) is 5.11 Å². The van der Waals surface area contributed by atoms with Gasteiger partial charge < -0.3 is 10.0 Å². The van der Waals surface area contributed by atoms with Crippen molar-refractivity contribution >= 4 is 5.97 Å². The Morgan fingerprint density at radius 3 is 2.56 bits per heavy atom. The average Bonchev–Trinajstić information content (AvgIpc) is 2.75. The minimum atomic E-state index is -0.689. The maximum absolute atomic E-state index is 11.1. The molecule has 0 spiro atoms. The van der Waals surface area contributed by atoms with Crippen LogP contribution in [0.2, 0.25) is 0 Å². The van der Waals surface area contributed by atoms with Crippen molar-refractivity contribution in [2.75, 3.05) is 33.2 Å². The predicted molar refractivity (Wildman–Crippen MR) is 64.6 cm³/mol. The molecule has 0 bridgehead atoms. The number of nitrogens with zero attached hydrogens (tertiary/aromatic N) is 2. The van der Waals surface area contributed by atoms with Crippen LogP contribution < -0.4 is 0 Å². The van der Waals surface area contributed by atoms with Gasteiger partial charge in [0.2, 0.25) is 0 Å². The van der Waals surface area contributed by atoms with E-state index in [1.165, 1.54) is 25.9 Å². The summed E-state index contributed by atoms with van der Waals surface area (Å²) >= 11 is 0. The minimum Gasteiger partial charge on any atom is -0.480 e. The summed E-state index contributed by atoms with van der Waals surface area (Å²) in [5, 5.41) is 9.11. The number of carboxylic acids is 1. The second-order valence-electron chi connectivity index (χ2n) is 4.67. The molecule has 1 aliphatic rings. The number of hydrogen-bond acceptors (Lipinski definition) is 3. The van der Waals surface area contributed by atoms with Crippen LogP contribution in [-0.2, 0) is 4.79 Å². The first-order valence-electron chi connectivity index (χ1n) is 6.30. The van der Waals surface area contributed by atoms with Gasteiger partial charge >= 0.3 is 5.97 Å². The summed E-state index contributed by atoms with van der Waals surface area (Å²) in [7, 11) is 1.92. The quantitative estimate of drug-likeness (QED) is 0.712. The molecule has 0 aliphatic carbocycles. The van der Waals surface area contributed by atoms with Crippen LogP contribution in [0.1, 0.15) is 32.6 Å². The van der Waals surface area contributed by atoms with Gasteiger partial charge in [-0.3, -0.25) is 9.69 Å². The highest BCUT2D eigenvalue weighted by Gasteiger charge is 2.22. The molecule has 0 radical (unpaired) electrons. The lowest BCUT2D eigenvalue weighted by molar-refractivity contribution is -0.143. The number of rotatable bonds is 7. The van der Waals surface area contributed by atoms with Gasteiger partial charge in [0.05, 0.1) is 0 Å². The van der Waals surface area contributed by atoms with E-state index in [1.807, 2.05) is 18.9 Å². The molecule has 94 valence electrons. The van der Waals surface area contributed by atoms with Gasteiger partial charge in [-0.15, -0.1) is 0 Å². The van der Waals surface area contributed by atoms with Crippen LogP contribution in [0.15, 0.2) is 0 Å². The molecule has 1 N–H and O–H groups in total. The van der Waals surface area contributed by atoms with Gasteiger partial charge in [0, 0.05) is 13.1 Å². The zero-order valence-corrected chi connectivity index (χ0v) is 10.5. The van der Waals surface area contributed by atoms with Gasteiger partial charge in [0.1, 0.15) is 6.04 Å². The highest BCUT2D eigenvalue weighted by molar-refractivity contribution is 5.73. The lowest BCUT2D eigenvalue weighted by Gasteiger charge is -2.26. The molecule has 16 heavy (non-hydrogen) atoms. The average molecular weight is 228 g/mol. The monoisotopic (exact) mass is 228 g/mol. The topological polar surface area (TPSA) is 43.8 Å². The van der Waals surface area contributed by atoms with Gasteiger partial charge in [-0.1, -0.05) is 13.3 Å². The van der Waals surface area contributed by atoms with Crippen molar-refractivity contribution in [1.82, 2.24) is 9.80 Å². The highest BCUT2D eigenvalue weighted by atomic mass is 16.4. The van der Waals surface area contributed by atoms with Crippen molar-refractivity contribution in [1.29, 1.82) is 0 Å². The highest BCUT2D eigenvalue weighted by Crippen LogP contribution is 2.09. The standard InChI is InChI=1S/C12H24N2O2/c1-3-6-11(12(15)16)13(2)9-10-14-7-4-5-8-14/h11H,3-10H2,1-2H3,(H,15,16). The van der Waals surface area contributed by atoms with Crippen LogP contribution in [0.25, 0.3) is 0 Å². The predicted octanol–water partition coefficient (Wildman–Crippen LogP) is 1.27. The van der Waals surface area contributed by atoms with Crippen LogP contribution in [0.4, 0.5) is 0 Å². The van der Waals surface area contributed by atoms with E-state index in [0.717, 1.165) is 25.9 Å². The van der Waals surface area contributed by atoms with E-state index in [-0.39, 0.29) is 6.04 Å². The van der Waals surface area contributed by atoms with Crippen molar-refractivity contribution in [2.45, 2.75) is 38.6 Å². The Labute approximate surface area is 98.2 Å². The zero-order valence-electron chi connectivity index (χ0n) is 10.5. The van der Waals surface area contributed by atoms with Gasteiger partial charge in [-0.2, -0.15) is 0 Å². The summed E-state index contributed by atoms with van der Waals surface area (Å²) in [5.74, 6) is -0.689. The molecular weight excluding hydrogens is 204 g/mol. The molecule has 1 unspecified atom stereocenters. The third-order valence-electron chi connectivity index (χ3n) is 3.35. The molecule has 0 amide bonds. The Morgan fingerprint density at radius 2 is 2.06 bits per heavy atom. The summed E-state index contributed by atoms with van der Waals surface area (Å²) < 4.78 is 0. The number of carbonyl (C=O) groups is 1. The first-order chi connectivity index (χ1) is 7.65. The van der Waals surface area contributed by atoms with Crippen molar-refractivity contribution < 1.29 is 9.90 Å². The first-order valence-corrected chi connectivity index (χ1v) is 6.30. The molecule has 1 atom stereocenters. The fraction of sp³-hybridized carbons (Fsp3) is 0.917. The second-order valence-corrected chi connectivity index (χ2v) is 4.67. The first kappa shape index (κ1) is 13.5. The van der Waals surface area contributed by atoms with Crippen molar-refractivity contribution in [2.24, 2.45) is 0 Å². The molecule has 1 aliphatic heterocycles. The van der Waals surface area contributed by atoms with E-state index in [2.05, 4.69) is 4.90 Å². The molecule has 1 fully saturated rings. The molecule has 4 heteroatoms. The molecular formula is C12H24N2O2. The Bertz CT molecular complexity index is 215. The second kappa shape index (κ2) is 6.86. The maximum Gasteiger partial charge on any atom is 0.320 e. The number of likely N-dealkylation sites (tertiary alicyclic amines) is 1. The minimum absolute atomic E-state index is 0.312. The molecule has 4 nitrogen and oxygen atoms in total. The van der Waals surface area contributed by atoms with Crippen molar-refractivity contribution in [3.8, 4) is 0 Å². The van der Waals surface area contributed by atoms with Crippen molar-refractivity contribution in [3.05, 3.63) is 0 Å². The fourth-order valence-corrected chi connectivity index (χ4v) is 2.27. The molecule has 1 heterocycles. The molecule has 0 aromatic carbocycles. The van der Waals surface area contributed by atoms with Gasteiger partial charge in [-0.25, -0.2) is 0 Å². The summed E-state index contributed by atoms with van der Waals surface area (Å²) in [6.07, 6.45) is 4.25. The van der Waals surface area contributed by atoms with E-state index < -0.39 is 5.97 Å². The molecule has 1 saturated heterocycles. The Kier molecular flexibility index (Phi) is 5.77. The third kappa shape index (κ3) is 4.10. The fourth-order valence-electron chi connectivity index (χ4n) is 2.27. The number of hydrogen-bond donors (Lipinski definition) is 1. The third-order valence-corrected chi connectivity index (χ3v) is 3.35. The van der Waals surface area contributed by atoms with Crippen LogP contribution in [0, 0.1) is 0 Å². The number of aliphatic carboxylic acids is 1. The normalized spacial score (nSPS) is 19.2. The largest absolute Gasteiger partial charge is 0.480 e. The van der Waals surface area contributed by atoms with Crippen LogP contribution in [-0.4, -0.2) is 60.1 Å². The van der Waals surface area contributed by atoms with E-state index in [1.54, 1.807) is 0 Å². The van der Waals surface area contributed by atoms with E-state index in [9.17, 15) is 4.79 Å². The number of carboxylic acid groups (broad SMARTS) is 1. The van der Waals surface area contributed by atoms with E-state index >= 15 is 0 Å². The van der Waals surface area contributed by atoms with Crippen LogP contribution in [0.5, 0.6) is 0 Å². The smallest absolute Gasteiger partial charge is 0.320 e. The number of likely N-dealkylation sites (N-methyl/N-ethyl adjacent to an activating group) is 1. The lowest BCUT2D eigenvalue weighted by Crippen LogP contribution is -2.42. The Balaban J connectivity index is 2.29. The van der Waals surface area contributed by atoms with Gasteiger partial charge in [0.25, 0.3) is 0 Å². The van der Waals surface area contributed by atoms with Crippen LogP contribution >= 0.6 is 0 Å². The van der Waals surface area contributed by atoms with Crippen LogP contribution in [0.3, 0.4) is 0 Å². The molecule has 1 rings (SSSR count).